The zero-order valence-corrected chi connectivity index (χ0v) is 22.4. The van der Waals surface area contributed by atoms with Gasteiger partial charge in [0.2, 0.25) is 11.7 Å². The van der Waals surface area contributed by atoms with Gasteiger partial charge in [0.05, 0.1) is 17.9 Å². The maximum Gasteiger partial charge on any atom is 0.265 e. The lowest BCUT2D eigenvalue weighted by molar-refractivity contribution is 0.103. The number of pyridine rings is 1. The number of nitrogens with zero attached hydrogens (tertiary/aromatic N) is 3. The normalized spacial score (nSPS) is 11.5. The highest BCUT2D eigenvalue weighted by Gasteiger charge is 2.28. The van der Waals surface area contributed by atoms with Crippen molar-refractivity contribution in [1.29, 1.82) is 0 Å². The van der Waals surface area contributed by atoms with Gasteiger partial charge in [-0.2, -0.15) is 0 Å². The van der Waals surface area contributed by atoms with Gasteiger partial charge in [0, 0.05) is 60.5 Å². The van der Waals surface area contributed by atoms with Crippen LogP contribution in [0.1, 0.15) is 15.9 Å². The number of nitrogens with one attached hydrogen (secondary N) is 3. The molecule has 0 aliphatic heterocycles. The monoisotopic (exact) mass is 600 g/mol. The molecular formula is C27H20F4N6O4S. The molecular weight excluding hydrogens is 580 g/mol. The van der Waals surface area contributed by atoms with E-state index in [1.54, 1.807) is 17.9 Å². The number of methoxy groups -OCH3 is 1. The van der Waals surface area contributed by atoms with E-state index in [0.29, 0.717) is 54.5 Å². The number of hydrogen-bond donors (Lipinski definition) is 3. The van der Waals surface area contributed by atoms with Crippen LogP contribution in [0.4, 0.5) is 29.2 Å². The molecule has 10 nitrogen and oxygen atoms in total. The summed E-state index contributed by atoms with van der Waals surface area (Å²) < 4.78 is 90.0. The van der Waals surface area contributed by atoms with Crippen LogP contribution in [0.25, 0.3) is 22.2 Å². The minimum absolute atomic E-state index is 0.160. The summed E-state index contributed by atoms with van der Waals surface area (Å²) in [6.07, 6.45) is 5.75. The Morgan fingerprint density at radius 2 is 1.67 bits per heavy atom. The second-order valence-electron chi connectivity index (χ2n) is 8.83. The van der Waals surface area contributed by atoms with Crippen molar-refractivity contribution in [2.24, 2.45) is 0 Å². The van der Waals surface area contributed by atoms with Crippen molar-refractivity contribution in [1.82, 2.24) is 19.9 Å². The van der Waals surface area contributed by atoms with E-state index in [4.69, 9.17) is 4.74 Å². The molecule has 0 fully saturated rings. The predicted octanol–water partition coefficient (Wildman–Crippen LogP) is 4.67. The van der Waals surface area contributed by atoms with Crippen LogP contribution in [-0.4, -0.2) is 54.4 Å². The fourth-order valence-corrected chi connectivity index (χ4v) is 5.19. The van der Waals surface area contributed by atoms with Crippen LogP contribution in [0.2, 0.25) is 0 Å². The minimum atomic E-state index is -4.86. The number of aromatic amines is 1. The summed E-state index contributed by atoms with van der Waals surface area (Å²) in [5.41, 5.74) is -0.805. The van der Waals surface area contributed by atoms with Gasteiger partial charge in [-0.05, 0) is 36.4 Å². The number of aromatic nitrogens is 4. The van der Waals surface area contributed by atoms with Gasteiger partial charge in [-0.1, -0.05) is 0 Å². The number of carbonyl (C=O) groups excluding carboxylic acids is 1. The Balaban J connectivity index is 1.48. The molecule has 0 aliphatic rings. The average molecular weight is 601 g/mol. The van der Waals surface area contributed by atoms with Crippen molar-refractivity contribution in [2.45, 2.75) is 4.90 Å². The van der Waals surface area contributed by atoms with E-state index in [1.807, 2.05) is 0 Å². The van der Waals surface area contributed by atoms with Crippen LogP contribution in [0, 0.1) is 23.3 Å². The fourth-order valence-electron chi connectivity index (χ4n) is 4.04. The fraction of sp³-hybridized carbons (Fsp3) is 0.111. The van der Waals surface area contributed by atoms with Crippen LogP contribution in [-0.2, 0) is 14.8 Å². The molecule has 0 saturated heterocycles. The maximum atomic E-state index is 15.5. The Morgan fingerprint density at radius 1 is 0.952 bits per heavy atom. The number of carbonyl (C=O) groups is 1. The molecule has 0 radical (unpaired) electrons. The van der Waals surface area contributed by atoms with E-state index in [-0.39, 0.29) is 16.6 Å². The van der Waals surface area contributed by atoms with E-state index in [0.717, 1.165) is 6.07 Å². The zero-order chi connectivity index (χ0) is 30.0. The summed E-state index contributed by atoms with van der Waals surface area (Å²) in [4.78, 5) is 27.8. The molecule has 216 valence electrons. The van der Waals surface area contributed by atoms with Crippen molar-refractivity contribution in [2.75, 3.05) is 30.3 Å². The molecule has 0 amide bonds. The van der Waals surface area contributed by atoms with Crippen LogP contribution >= 0.6 is 0 Å². The Hall–Kier alpha value is -4.89. The SMILES string of the molecule is COCCNc1ncc(-c2cnc3[nH]cc(C(=O)c4c(F)ccc(NS(=O)(=O)c5cc(F)ccc5F)c4F)c3c2)cn1. The number of sulfonamides is 1. The van der Waals surface area contributed by atoms with Crippen LogP contribution < -0.4 is 10.0 Å². The van der Waals surface area contributed by atoms with Gasteiger partial charge in [-0.15, -0.1) is 0 Å². The van der Waals surface area contributed by atoms with Gasteiger partial charge >= 0.3 is 0 Å². The number of H-pyrrole nitrogens is 1. The second-order valence-corrected chi connectivity index (χ2v) is 10.5. The number of anilines is 2. The summed E-state index contributed by atoms with van der Waals surface area (Å²) in [6.45, 7) is 0.952. The molecule has 0 aliphatic carbocycles. The number of benzene rings is 2. The summed E-state index contributed by atoms with van der Waals surface area (Å²) in [6, 6.07) is 4.64. The van der Waals surface area contributed by atoms with Gasteiger partial charge in [-0.3, -0.25) is 9.52 Å². The number of halogens is 4. The molecule has 3 aromatic heterocycles. The van der Waals surface area contributed by atoms with Crippen LogP contribution in [0.5, 0.6) is 0 Å². The molecule has 2 aromatic carbocycles. The van der Waals surface area contributed by atoms with E-state index < -0.39 is 55.2 Å². The van der Waals surface area contributed by atoms with Crippen LogP contribution in [0.15, 0.2) is 66.1 Å². The quantitative estimate of drug-likeness (QED) is 0.120. The van der Waals surface area contributed by atoms with E-state index in [9.17, 15) is 26.4 Å². The molecule has 3 N–H and O–H groups in total. The van der Waals surface area contributed by atoms with Crippen molar-refractivity contribution in [3.05, 3.63) is 95.6 Å². The van der Waals surface area contributed by atoms with Gasteiger partial charge in [-0.25, -0.2) is 40.9 Å². The Morgan fingerprint density at radius 3 is 2.40 bits per heavy atom. The number of rotatable bonds is 10. The molecule has 5 aromatic rings. The first-order valence-corrected chi connectivity index (χ1v) is 13.6. The first-order valence-electron chi connectivity index (χ1n) is 12.1. The molecule has 0 saturated carbocycles. The second kappa shape index (κ2) is 11.5. The first kappa shape index (κ1) is 28.6. The van der Waals surface area contributed by atoms with Crippen molar-refractivity contribution in [3.63, 3.8) is 0 Å². The molecule has 5 rings (SSSR count). The molecule has 3 heterocycles. The number of hydrogen-bond acceptors (Lipinski definition) is 8. The minimum Gasteiger partial charge on any atom is -0.383 e. The lowest BCUT2D eigenvalue weighted by atomic mass is 10.0. The Kier molecular flexibility index (Phi) is 7.87. The average Bonchev–Trinajstić information content (AvgIpc) is 3.40. The van der Waals surface area contributed by atoms with Crippen molar-refractivity contribution in [3.8, 4) is 11.1 Å². The molecule has 0 spiro atoms. The van der Waals surface area contributed by atoms with E-state index in [2.05, 4.69) is 25.3 Å². The van der Waals surface area contributed by atoms with Gasteiger partial charge < -0.3 is 15.0 Å². The zero-order valence-electron chi connectivity index (χ0n) is 21.6. The summed E-state index contributed by atoms with van der Waals surface area (Å²) in [7, 11) is -3.29. The highest BCUT2D eigenvalue weighted by molar-refractivity contribution is 7.92. The largest absolute Gasteiger partial charge is 0.383 e. The highest BCUT2D eigenvalue weighted by Crippen LogP contribution is 2.30. The molecule has 15 heteroatoms. The molecule has 0 unspecified atom stereocenters. The van der Waals surface area contributed by atoms with Crippen molar-refractivity contribution < 1.29 is 35.5 Å². The van der Waals surface area contributed by atoms with E-state index >= 15 is 4.39 Å². The Labute approximate surface area is 235 Å². The predicted molar refractivity (Wildman–Crippen MR) is 144 cm³/mol. The van der Waals surface area contributed by atoms with Crippen molar-refractivity contribution >= 4 is 38.5 Å². The summed E-state index contributed by atoms with van der Waals surface area (Å²) in [5, 5.41) is 3.19. The smallest absolute Gasteiger partial charge is 0.265 e. The number of ketones is 1. The third-order valence-corrected chi connectivity index (χ3v) is 7.48. The lowest BCUT2D eigenvalue weighted by Gasteiger charge is -2.12. The third kappa shape index (κ3) is 5.64. The van der Waals surface area contributed by atoms with E-state index in [1.165, 1.54) is 24.8 Å². The lowest BCUT2D eigenvalue weighted by Crippen LogP contribution is -2.17. The maximum absolute atomic E-state index is 15.5. The summed E-state index contributed by atoms with van der Waals surface area (Å²) in [5.74, 6) is -5.94. The Bertz CT molecular complexity index is 1920. The third-order valence-electron chi connectivity index (χ3n) is 6.10. The number of fused-ring (bicyclic) bond motifs is 1. The van der Waals surface area contributed by atoms with Gasteiger partial charge in [0.1, 0.15) is 28.0 Å². The topological polar surface area (TPSA) is 139 Å². The van der Waals surface area contributed by atoms with Gasteiger partial charge in [0.15, 0.2) is 5.82 Å². The van der Waals surface area contributed by atoms with Gasteiger partial charge in [0.25, 0.3) is 10.0 Å². The molecule has 0 bridgehead atoms. The summed E-state index contributed by atoms with van der Waals surface area (Å²) >= 11 is 0. The first-order chi connectivity index (χ1) is 20.1. The highest BCUT2D eigenvalue weighted by atomic mass is 32.2. The molecule has 0 atom stereocenters. The number of ether oxygens (including phenoxy) is 1. The standard InChI is InChI=1S/C27H20F4N6O4S/c1-41-7-6-32-27-35-11-15(12-36-27)14-8-17-18(13-34-26(17)33-10-14)25(38)23-20(30)4-5-21(24(23)31)37-42(39,40)22-9-16(28)2-3-19(22)29/h2-5,8-13,37H,6-7H2,1H3,(H,33,34)(H,32,35,36). The molecule has 42 heavy (non-hydrogen) atoms. The van der Waals surface area contributed by atoms with Crippen LogP contribution in [0.3, 0.4) is 0 Å².